The van der Waals surface area contributed by atoms with Gasteiger partial charge >= 0.3 is 17.9 Å². The molecule has 0 saturated heterocycles. The van der Waals surface area contributed by atoms with Gasteiger partial charge < -0.3 is 23.8 Å². The molecule has 0 aromatic rings. The number of carboxylic acid groups (broad SMARTS) is 1. The van der Waals surface area contributed by atoms with E-state index in [0.29, 0.717) is 12.8 Å². The number of quaternary nitrogens is 1. The number of nitrogens with zero attached hydrogens (tertiary/aromatic N) is 1. The minimum absolute atomic E-state index is 0.00387. The third-order valence-electron chi connectivity index (χ3n) is 5.71. The highest BCUT2D eigenvalue weighted by Crippen LogP contribution is 2.09. The first-order chi connectivity index (χ1) is 19.1. The molecule has 0 aliphatic heterocycles. The lowest BCUT2D eigenvalue weighted by Gasteiger charge is -2.31. The Morgan fingerprint density at radius 3 is 1.85 bits per heavy atom. The lowest BCUT2D eigenvalue weighted by atomic mass is 10.1. The number of carbonyl (C=O) groups is 3. The molecule has 8 heteroatoms. The highest BCUT2D eigenvalue weighted by atomic mass is 16.6. The Labute approximate surface area is 241 Å². The van der Waals surface area contributed by atoms with E-state index in [1.807, 2.05) is 45.4 Å². The Hall–Kier alpha value is -2.97. The first-order valence-corrected chi connectivity index (χ1v) is 14.3. The first kappa shape index (κ1) is 37.0. The van der Waals surface area contributed by atoms with Crippen molar-refractivity contribution < 1.29 is 38.2 Å². The second-order valence-corrected chi connectivity index (χ2v) is 10.3. The molecule has 226 valence electrons. The molecule has 0 fully saturated rings. The van der Waals surface area contributed by atoms with E-state index >= 15 is 0 Å². The summed E-state index contributed by atoms with van der Waals surface area (Å²) in [7, 11) is 5.44. The van der Waals surface area contributed by atoms with Crippen molar-refractivity contribution >= 4 is 17.9 Å². The maximum Gasteiger partial charge on any atom is 0.362 e. The van der Waals surface area contributed by atoms with E-state index in [0.717, 1.165) is 32.1 Å². The zero-order valence-corrected chi connectivity index (χ0v) is 25.3. The summed E-state index contributed by atoms with van der Waals surface area (Å²) in [5.41, 5.74) is 0. The molecule has 1 N–H and O–H groups in total. The fourth-order valence-corrected chi connectivity index (χ4v) is 3.51. The van der Waals surface area contributed by atoms with E-state index in [2.05, 4.69) is 44.2 Å². The highest BCUT2D eigenvalue weighted by Gasteiger charge is 2.31. The van der Waals surface area contributed by atoms with Crippen LogP contribution in [-0.4, -0.2) is 80.6 Å². The molecule has 8 nitrogen and oxygen atoms in total. The molecule has 0 aliphatic carbocycles. The van der Waals surface area contributed by atoms with Gasteiger partial charge in [0.25, 0.3) is 0 Å². The van der Waals surface area contributed by atoms with Crippen LogP contribution in [0.2, 0.25) is 0 Å². The monoisotopic (exact) mass is 562 g/mol. The lowest BCUT2D eigenvalue weighted by molar-refractivity contribution is -0.887. The van der Waals surface area contributed by atoms with Gasteiger partial charge in [-0.05, 0) is 38.5 Å². The standard InChI is InChI=1S/C32H51NO7/c1-6-8-10-12-14-15-17-19-21-23-31(35)40-28(26-38-25-24-29(32(36)37)33(3,4)5)27-39-30(34)22-20-18-16-13-11-9-7-2/h8-11,14-16,18-19,21,28-29H,6-7,12-13,17,20,22-27H2,1-5H3/p+1/b10-8+,11-9+,15-14+,18-16+,21-19+. The van der Waals surface area contributed by atoms with Crippen LogP contribution in [0.5, 0.6) is 0 Å². The molecular weight excluding hydrogens is 510 g/mol. The van der Waals surface area contributed by atoms with Crippen LogP contribution in [0.1, 0.15) is 71.6 Å². The van der Waals surface area contributed by atoms with Crippen molar-refractivity contribution in [3.8, 4) is 0 Å². The van der Waals surface area contributed by atoms with Gasteiger partial charge in [0.2, 0.25) is 0 Å². The van der Waals surface area contributed by atoms with Crippen molar-refractivity contribution in [2.45, 2.75) is 83.8 Å². The van der Waals surface area contributed by atoms with Crippen molar-refractivity contribution in [2.24, 2.45) is 0 Å². The Kier molecular flexibility index (Phi) is 22.1. The van der Waals surface area contributed by atoms with Crippen LogP contribution in [0.4, 0.5) is 0 Å². The second-order valence-electron chi connectivity index (χ2n) is 10.3. The molecular formula is C32H52NO7+. The second kappa shape index (κ2) is 23.9. The summed E-state index contributed by atoms with van der Waals surface area (Å²) in [5.74, 6) is -1.73. The van der Waals surface area contributed by atoms with Crippen molar-refractivity contribution in [1.82, 2.24) is 0 Å². The number of hydrogen-bond acceptors (Lipinski definition) is 6. The van der Waals surface area contributed by atoms with Crippen LogP contribution in [0.3, 0.4) is 0 Å². The molecule has 0 spiro atoms. The van der Waals surface area contributed by atoms with Crippen LogP contribution < -0.4 is 0 Å². The number of esters is 2. The maximum absolute atomic E-state index is 12.4. The van der Waals surface area contributed by atoms with Gasteiger partial charge in [-0.25, -0.2) is 4.79 Å². The average molecular weight is 563 g/mol. The third kappa shape index (κ3) is 21.9. The predicted octanol–water partition coefficient (Wildman–Crippen LogP) is 5.95. The molecule has 2 atom stereocenters. The van der Waals surface area contributed by atoms with Gasteiger partial charge in [-0.15, -0.1) is 0 Å². The largest absolute Gasteiger partial charge is 0.477 e. The van der Waals surface area contributed by atoms with Gasteiger partial charge in [-0.2, -0.15) is 0 Å². The number of rotatable bonds is 23. The molecule has 2 unspecified atom stereocenters. The number of carboxylic acids is 1. The number of ether oxygens (including phenoxy) is 3. The van der Waals surface area contributed by atoms with Crippen LogP contribution in [0.15, 0.2) is 60.8 Å². The zero-order valence-electron chi connectivity index (χ0n) is 25.3. The Bertz CT molecular complexity index is 850. The summed E-state index contributed by atoms with van der Waals surface area (Å²) >= 11 is 0. The van der Waals surface area contributed by atoms with Crippen LogP contribution >= 0.6 is 0 Å². The number of likely N-dealkylation sites (N-methyl/N-ethyl adjacent to an activating group) is 1. The molecule has 0 saturated carbocycles. The smallest absolute Gasteiger partial charge is 0.362 e. The van der Waals surface area contributed by atoms with E-state index in [1.54, 1.807) is 6.08 Å². The van der Waals surface area contributed by atoms with Crippen LogP contribution in [-0.2, 0) is 28.6 Å². The molecule has 40 heavy (non-hydrogen) atoms. The molecule has 0 amide bonds. The van der Waals surface area contributed by atoms with Crippen LogP contribution in [0.25, 0.3) is 0 Å². The minimum Gasteiger partial charge on any atom is -0.477 e. The molecule has 0 aromatic heterocycles. The number of aliphatic carboxylic acids is 1. The van der Waals surface area contributed by atoms with E-state index in [4.69, 9.17) is 14.2 Å². The summed E-state index contributed by atoms with van der Waals surface area (Å²) in [4.78, 5) is 36.2. The molecule has 0 aliphatic rings. The summed E-state index contributed by atoms with van der Waals surface area (Å²) < 4.78 is 16.8. The molecule has 0 heterocycles. The fourth-order valence-electron chi connectivity index (χ4n) is 3.51. The van der Waals surface area contributed by atoms with Crippen molar-refractivity contribution in [1.29, 1.82) is 0 Å². The average Bonchev–Trinajstić information content (AvgIpc) is 2.89. The lowest BCUT2D eigenvalue weighted by Crippen LogP contribution is -2.50. The van der Waals surface area contributed by atoms with E-state index < -0.39 is 24.1 Å². The summed E-state index contributed by atoms with van der Waals surface area (Å²) in [6.07, 6.45) is 25.0. The summed E-state index contributed by atoms with van der Waals surface area (Å²) in [5, 5.41) is 9.49. The van der Waals surface area contributed by atoms with Gasteiger partial charge in [0, 0.05) is 12.8 Å². The Morgan fingerprint density at radius 2 is 1.30 bits per heavy atom. The normalized spacial score (nSPS) is 14.1. The highest BCUT2D eigenvalue weighted by molar-refractivity contribution is 5.72. The van der Waals surface area contributed by atoms with E-state index in [9.17, 15) is 19.5 Å². The SMILES string of the molecule is CC/C=C/C/C=C/C/C=C/CC(=O)OC(COCCC(C(=O)O)[N+](C)(C)C)COC(=O)CC/C=C/C/C=C/CC. The molecule has 0 bridgehead atoms. The van der Waals surface area contributed by atoms with Crippen LogP contribution in [0, 0.1) is 0 Å². The first-order valence-electron chi connectivity index (χ1n) is 14.3. The van der Waals surface area contributed by atoms with Gasteiger partial charge in [0.1, 0.15) is 6.61 Å². The third-order valence-corrected chi connectivity index (χ3v) is 5.71. The molecule has 0 aromatic carbocycles. The Morgan fingerprint density at radius 1 is 0.750 bits per heavy atom. The zero-order chi connectivity index (χ0) is 30.1. The predicted molar refractivity (Wildman–Crippen MR) is 160 cm³/mol. The molecule has 0 rings (SSSR count). The number of carbonyl (C=O) groups excluding carboxylic acids is 2. The van der Waals surface area contributed by atoms with Gasteiger partial charge in [-0.3, -0.25) is 9.59 Å². The van der Waals surface area contributed by atoms with E-state index in [-0.39, 0.29) is 43.1 Å². The topological polar surface area (TPSA) is 99.1 Å². The fraction of sp³-hybridized carbons (Fsp3) is 0.594. The van der Waals surface area contributed by atoms with Gasteiger partial charge in [0.15, 0.2) is 12.1 Å². The number of allylic oxidation sites excluding steroid dienone is 9. The minimum atomic E-state index is -0.900. The molecule has 0 radical (unpaired) electrons. The van der Waals surface area contributed by atoms with E-state index in [1.165, 1.54) is 0 Å². The van der Waals surface area contributed by atoms with Gasteiger partial charge in [-0.1, -0.05) is 74.6 Å². The number of hydrogen-bond donors (Lipinski definition) is 1. The van der Waals surface area contributed by atoms with Crippen molar-refractivity contribution in [3.63, 3.8) is 0 Å². The van der Waals surface area contributed by atoms with Gasteiger partial charge in [0.05, 0.1) is 40.8 Å². The summed E-state index contributed by atoms with van der Waals surface area (Å²) in [6, 6.07) is -0.633. The quantitative estimate of drug-likeness (QED) is 0.0711. The van der Waals surface area contributed by atoms with Crippen molar-refractivity contribution in [2.75, 3.05) is 41.0 Å². The maximum atomic E-state index is 12.4. The van der Waals surface area contributed by atoms with Crippen molar-refractivity contribution in [3.05, 3.63) is 60.8 Å². The summed E-state index contributed by atoms with van der Waals surface area (Å²) in [6.45, 7) is 4.22. The Balaban J connectivity index is 4.77.